The number of aliphatic carboxylic acids is 1. The van der Waals surface area contributed by atoms with E-state index >= 15 is 0 Å². The molecule has 2 aromatic rings. The second-order valence-corrected chi connectivity index (χ2v) is 22.5. The summed E-state index contributed by atoms with van der Waals surface area (Å²) >= 11 is 0. The summed E-state index contributed by atoms with van der Waals surface area (Å²) in [4.78, 5) is 99.4. The molecule has 1 aliphatic heterocycles. The number of benzene rings is 1. The average molecular weight is 1150 g/mol. The first kappa shape index (κ1) is 71.2. The summed E-state index contributed by atoms with van der Waals surface area (Å²) in [6.45, 7) is 6.59. The quantitative estimate of drug-likeness (QED) is 0.0242. The molecule has 0 spiro atoms. The lowest BCUT2D eigenvalue weighted by atomic mass is 10.0. The zero-order valence-corrected chi connectivity index (χ0v) is 50.9. The number of Topliss-reactive ketones (excluding diaryl/α,β-unsaturated/α-hetero) is 1. The first-order chi connectivity index (χ1) is 40.4. The van der Waals surface area contributed by atoms with Crippen molar-refractivity contribution < 1.29 is 38.7 Å². The molecule has 1 aromatic heterocycles. The number of nitrogens with one attached hydrogen (secondary N) is 6. The molecule has 17 heteroatoms. The molecule has 2 heterocycles. The first-order valence-corrected chi connectivity index (χ1v) is 32.1. The van der Waals surface area contributed by atoms with Crippen molar-refractivity contribution in [1.29, 1.82) is 5.41 Å². The number of allylic oxidation sites excluding steroid dienone is 4. The summed E-state index contributed by atoms with van der Waals surface area (Å²) < 4.78 is 0. The van der Waals surface area contributed by atoms with E-state index < -0.39 is 35.6 Å². The van der Waals surface area contributed by atoms with Gasteiger partial charge in [0.25, 0.3) is 11.8 Å². The van der Waals surface area contributed by atoms with E-state index in [1.165, 1.54) is 116 Å². The van der Waals surface area contributed by atoms with Crippen molar-refractivity contribution >= 4 is 47.1 Å². The van der Waals surface area contributed by atoms with Crippen molar-refractivity contribution in [2.75, 3.05) is 39.3 Å². The molecule has 0 saturated carbocycles. The number of aryl methyl sites for hydroxylation is 2. The molecule has 17 nitrogen and oxygen atoms in total. The highest BCUT2D eigenvalue weighted by Gasteiger charge is 2.24. The van der Waals surface area contributed by atoms with Gasteiger partial charge in [-0.1, -0.05) is 153 Å². The lowest BCUT2D eigenvalue weighted by Gasteiger charge is -2.22. The van der Waals surface area contributed by atoms with Crippen molar-refractivity contribution in [3.05, 3.63) is 83.0 Å². The summed E-state index contributed by atoms with van der Waals surface area (Å²) in [5.41, 5.74) is 2.39. The van der Waals surface area contributed by atoms with Crippen LogP contribution in [-0.2, 0) is 43.2 Å². The van der Waals surface area contributed by atoms with Gasteiger partial charge in [-0.15, -0.1) is 0 Å². The molecule has 462 valence electrons. The summed E-state index contributed by atoms with van der Waals surface area (Å²) in [6, 6.07) is 5.29. The van der Waals surface area contributed by atoms with Gasteiger partial charge in [-0.05, 0) is 114 Å². The Labute approximate surface area is 497 Å². The Kier molecular flexibility index (Phi) is 39.7. The molecular formula is C66H105N9O8. The number of amidine groups is 1. The molecule has 1 aromatic carbocycles. The number of ketones is 1. The molecule has 1 unspecified atom stereocenters. The Balaban J connectivity index is 1.34. The number of carboxylic acids is 1. The van der Waals surface area contributed by atoms with Crippen LogP contribution in [-0.4, -0.2) is 112 Å². The summed E-state index contributed by atoms with van der Waals surface area (Å²) in [5.74, 6) is -2.97. The van der Waals surface area contributed by atoms with Crippen molar-refractivity contribution in [2.45, 2.75) is 245 Å². The number of hydrogen-bond donors (Lipinski definition) is 7. The minimum absolute atomic E-state index is 0.0271. The fraction of sp³-hybridized carbons (Fsp3) is 0.667. The fourth-order valence-electron chi connectivity index (χ4n) is 9.99. The van der Waals surface area contributed by atoms with E-state index in [9.17, 15) is 38.7 Å². The predicted octanol–water partition coefficient (Wildman–Crippen LogP) is 11.6. The summed E-state index contributed by atoms with van der Waals surface area (Å²) in [5, 5.41) is 30.9. The van der Waals surface area contributed by atoms with Gasteiger partial charge in [0.05, 0.1) is 17.9 Å². The average Bonchev–Trinajstić information content (AvgIpc) is 3.68. The molecule has 0 bridgehead atoms. The van der Waals surface area contributed by atoms with E-state index in [1.807, 2.05) is 0 Å². The highest BCUT2D eigenvalue weighted by Crippen LogP contribution is 2.16. The highest BCUT2D eigenvalue weighted by atomic mass is 16.4. The van der Waals surface area contributed by atoms with Gasteiger partial charge in [-0.3, -0.25) is 44.1 Å². The van der Waals surface area contributed by atoms with Crippen molar-refractivity contribution in [3.63, 3.8) is 0 Å². The molecule has 3 rings (SSSR count). The summed E-state index contributed by atoms with van der Waals surface area (Å²) in [7, 11) is 0. The lowest BCUT2D eigenvalue weighted by Crippen LogP contribution is -2.43. The Morgan fingerprint density at radius 2 is 1.12 bits per heavy atom. The molecule has 0 fully saturated rings. The Morgan fingerprint density at radius 3 is 1.69 bits per heavy atom. The minimum atomic E-state index is -1.35. The van der Waals surface area contributed by atoms with Gasteiger partial charge in [0.15, 0.2) is 5.69 Å². The van der Waals surface area contributed by atoms with E-state index in [0.717, 1.165) is 56.9 Å². The Bertz CT molecular complexity index is 2210. The molecule has 83 heavy (non-hydrogen) atoms. The number of carbonyl (C=O) groups is 7. The topological polar surface area (TPSA) is 253 Å². The number of carbonyl (C=O) groups excluding carboxylic acids is 6. The fourth-order valence-corrected chi connectivity index (χ4v) is 9.99. The number of aromatic nitrogens is 2. The standard InChI is InChI=1S/C66H105N9O8/c1-3-5-7-9-11-13-15-17-19-21-23-25-27-29-31-34-56(76)35-33-47-75(48-45-68-60(77)36-32-30-28-26-24-22-20-18-16-14-12-10-8-6-4-2)49-46-69-62(79)52-71-61(78)44-43-57(66(82)83)73-64(80)54-40-37-53(38-41-54)39-42-55-51-70-58-50-59(67)74-65(81)63(58)72-55/h17-20,37-38,40-41,51,57H,3-16,21-36,39,42-50,52H2,1-2H3,(H,68,77)(H,69,79)(H,71,78)(H,73,80)(H,82,83)(H2,67,74,81)/b19-17-,20-18-. The molecule has 0 aliphatic carbocycles. The lowest BCUT2D eigenvalue weighted by molar-refractivity contribution is -0.139. The Morgan fingerprint density at radius 1 is 0.614 bits per heavy atom. The first-order valence-electron chi connectivity index (χ1n) is 32.1. The van der Waals surface area contributed by atoms with Crippen LogP contribution in [0.15, 0.2) is 54.8 Å². The third-order valence-corrected chi connectivity index (χ3v) is 15.1. The number of hydrogen-bond acceptors (Lipinski definition) is 11. The van der Waals surface area contributed by atoms with Gasteiger partial charge in [-0.25, -0.2) is 9.78 Å². The van der Waals surface area contributed by atoms with Gasteiger partial charge in [0.1, 0.15) is 17.7 Å². The van der Waals surface area contributed by atoms with Crippen LogP contribution in [0.1, 0.15) is 257 Å². The van der Waals surface area contributed by atoms with Gasteiger partial charge in [0, 0.05) is 70.0 Å². The summed E-state index contributed by atoms with van der Waals surface area (Å²) in [6.07, 6.45) is 45.3. The molecule has 7 N–H and O–H groups in total. The monoisotopic (exact) mass is 1150 g/mol. The van der Waals surface area contributed by atoms with Crippen LogP contribution in [0.2, 0.25) is 0 Å². The number of rotatable bonds is 51. The van der Waals surface area contributed by atoms with E-state index in [4.69, 9.17) is 5.41 Å². The maximum absolute atomic E-state index is 13.0. The van der Waals surface area contributed by atoms with Crippen LogP contribution >= 0.6 is 0 Å². The SMILES string of the molecule is CCCCCCCC/C=C\CCCCCCCC(=O)CCCN(CCNC(=O)CCCCCCC/C=C\CCCCCCCC)CCNC(=O)CNC(=O)CCC(NC(=O)c1ccc(CCc2cnc3c(n2)C(=O)NC(=N)C3)cc1)C(=O)O. The van der Waals surface area contributed by atoms with Crippen LogP contribution in [0.3, 0.4) is 0 Å². The minimum Gasteiger partial charge on any atom is -0.480 e. The molecule has 5 amide bonds. The molecule has 0 radical (unpaired) electrons. The number of nitrogens with zero attached hydrogens (tertiary/aromatic N) is 3. The van der Waals surface area contributed by atoms with Gasteiger partial charge in [0.2, 0.25) is 17.7 Å². The van der Waals surface area contributed by atoms with Crippen LogP contribution in [0.25, 0.3) is 0 Å². The number of unbranched alkanes of at least 4 members (excludes halogenated alkanes) is 22. The Hall–Kier alpha value is -6.10. The van der Waals surface area contributed by atoms with Crippen LogP contribution in [0.5, 0.6) is 0 Å². The molecular weight excluding hydrogens is 1050 g/mol. The van der Waals surface area contributed by atoms with Crippen LogP contribution in [0, 0.1) is 5.41 Å². The highest BCUT2D eigenvalue weighted by molar-refractivity contribution is 6.09. The predicted molar refractivity (Wildman–Crippen MR) is 332 cm³/mol. The zero-order valence-electron chi connectivity index (χ0n) is 50.9. The number of fused-ring (bicyclic) bond motifs is 1. The normalized spacial score (nSPS) is 12.6. The molecule has 0 saturated heterocycles. The number of amides is 5. The van der Waals surface area contributed by atoms with E-state index in [1.54, 1.807) is 30.5 Å². The molecule has 1 aliphatic rings. The number of carboxylic acid groups (broad SMARTS) is 1. The van der Waals surface area contributed by atoms with Gasteiger partial charge in [-0.2, -0.15) is 0 Å². The van der Waals surface area contributed by atoms with Crippen molar-refractivity contribution in [3.8, 4) is 0 Å². The van der Waals surface area contributed by atoms with E-state index in [2.05, 4.69) is 79.6 Å². The largest absolute Gasteiger partial charge is 0.480 e. The maximum Gasteiger partial charge on any atom is 0.326 e. The van der Waals surface area contributed by atoms with Crippen molar-refractivity contribution in [1.82, 2.24) is 41.5 Å². The second-order valence-electron chi connectivity index (χ2n) is 22.5. The third-order valence-electron chi connectivity index (χ3n) is 15.1. The van der Waals surface area contributed by atoms with E-state index in [0.29, 0.717) is 76.1 Å². The maximum atomic E-state index is 13.0. The van der Waals surface area contributed by atoms with E-state index in [-0.39, 0.29) is 61.1 Å². The van der Waals surface area contributed by atoms with Gasteiger partial charge < -0.3 is 31.7 Å². The van der Waals surface area contributed by atoms with Crippen LogP contribution in [0.4, 0.5) is 0 Å². The van der Waals surface area contributed by atoms with Crippen LogP contribution < -0.4 is 26.6 Å². The van der Waals surface area contributed by atoms with Crippen molar-refractivity contribution in [2.24, 2.45) is 0 Å². The molecule has 1 atom stereocenters. The smallest absolute Gasteiger partial charge is 0.326 e. The second kappa shape index (κ2) is 46.3. The van der Waals surface area contributed by atoms with Gasteiger partial charge >= 0.3 is 5.97 Å². The zero-order chi connectivity index (χ0) is 60.0. The third kappa shape index (κ3) is 35.6.